The Morgan fingerprint density at radius 3 is 2.29 bits per heavy atom. The predicted octanol–water partition coefficient (Wildman–Crippen LogP) is 3.95. The van der Waals surface area contributed by atoms with Crippen molar-refractivity contribution in [1.82, 2.24) is 10.6 Å². The van der Waals surface area contributed by atoms with E-state index in [0.717, 1.165) is 18.0 Å². The van der Waals surface area contributed by atoms with Gasteiger partial charge in [0.2, 0.25) is 5.91 Å². The molecule has 128 valence electrons. The molecule has 1 amide bonds. The molecular formula is C20H25ClN2O. The van der Waals surface area contributed by atoms with Gasteiger partial charge in [0.1, 0.15) is 0 Å². The molecule has 0 heterocycles. The molecule has 1 atom stereocenters. The molecule has 1 saturated carbocycles. The highest BCUT2D eigenvalue weighted by Gasteiger charge is 2.20. The second-order valence-electron chi connectivity index (χ2n) is 6.35. The minimum absolute atomic E-state index is 0. The zero-order valence-electron chi connectivity index (χ0n) is 14.0. The number of nitrogens with one attached hydrogen (secondary N) is 2. The van der Waals surface area contributed by atoms with Gasteiger partial charge in [0.15, 0.2) is 0 Å². The van der Waals surface area contributed by atoms with E-state index < -0.39 is 0 Å². The Morgan fingerprint density at radius 2 is 1.67 bits per heavy atom. The third-order valence-electron chi connectivity index (χ3n) is 4.31. The van der Waals surface area contributed by atoms with Gasteiger partial charge >= 0.3 is 0 Å². The SMILES string of the molecule is CC(NC(=O)CNCC1CC1)c1ccc(-c2ccccc2)cc1.Cl. The Labute approximate surface area is 150 Å². The average Bonchev–Trinajstić information content (AvgIpc) is 3.40. The van der Waals surface area contributed by atoms with E-state index in [1.807, 2.05) is 25.1 Å². The van der Waals surface area contributed by atoms with Crippen LogP contribution in [0.15, 0.2) is 54.6 Å². The van der Waals surface area contributed by atoms with Gasteiger partial charge < -0.3 is 10.6 Å². The molecule has 0 aromatic heterocycles. The maximum atomic E-state index is 11.9. The van der Waals surface area contributed by atoms with Crippen LogP contribution in [0.25, 0.3) is 11.1 Å². The first-order chi connectivity index (χ1) is 11.2. The van der Waals surface area contributed by atoms with Crippen LogP contribution in [0, 0.1) is 5.92 Å². The summed E-state index contributed by atoms with van der Waals surface area (Å²) in [4.78, 5) is 11.9. The predicted molar refractivity (Wildman–Crippen MR) is 101 cm³/mol. The van der Waals surface area contributed by atoms with Crippen LogP contribution in [0.3, 0.4) is 0 Å². The normalized spacial score (nSPS) is 14.5. The minimum Gasteiger partial charge on any atom is -0.348 e. The fourth-order valence-electron chi connectivity index (χ4n) is 2.68. The fraction of sp³-hybridized carbons (Fsp3) is 0.350. The van der Waals surface area contributed by atoms with Gasteiger partial charge in [-0.05, 0) is 48.9 Å². The molecule has 1 unspecified atom stereocenters. The van der Waals surface area contributed by atoms with Crippen molar-refractivity contribution in [2.45, 2.75) is 25.8 Å². The highest BCUT2D eigenvalue weighted by Crippen LogP contribution is 2.27. The summed E-state index contributed by atoms with van der Waals surface area (Å²) in [5, 5.41) is 6.27. The second-order valence-corrected chi connectivity index (χ2v) is 6.35. The van der Waals surface area contributed by atoms with Crippen LogP contribution in [0.1, 0.15) is 31.4 Å². The lowest BCUT2D eigenvalue weighted by Crippen LogP contribution is -2.36. The molecule has 1 fully saturated rings. The molecular weight excluding hydrogens is 320 g/mol. The molecule has 0 bridgehead atoms. The maximum Gasteiger partial charge on any atom is 0.234 e. The van der Waals surface area contributed by atoms with Crippen LogP contribution < -0.4 is 10.6 Å². The van der Waals surface area contributed by atoms with Crippen LogP contribution >= 0.6 is 12.4 Å². The zero-order chi connectivity index (χ0) is 16.1. The first-order valence-electron chi connectivity index (χ1n) is 8.38. The highest BCUT2D eigenvalue weighted by atomic mass is 35.5. The van der Waals surface area contributed by atoms with E-state index in [-0.39, 0.29) is 24.4 Å². The van der Waals surface area contributed by atoms with E-state index in [9.17, 15) is 4.79 Å². The van der Waals surface area contributed by atoms with Crippen LogP contribution in [-0.2, 0) is 4.79 Å². The van der Waals surface area contributed by atoms with Crippen molar-refractivity contribution < 1.29 is 4.79 Å². The van der Waals surface area contributed by atoms with Gasteiger partial charge in [-0.1, -0.05) is 54.6 Å². The van der Waals surface area contributed by atoms with E-state index in [1.165, 1.54) is 24.0 Å². The van der Waals surface area contributed by atoms with Gasteiger partial charge in [-0.3, -0.25) is 4.79 Å². The summed E-state index contributed by atoms with van der Waals surface area (Å²) in [7, 11) is 0. The molecule has 0 aliphatic heterocycles. The summed E-state index contributed by atoms with van der Waals surface area (Å²) in [5.74, 6) is 0.857. The van der Waals surface area contributed by atoms with Crippen molar-refractivity contribution >= 4 is 18.3 Å². The summed E-state index contributed by atoms with van der Waals surface area (Å²) < 4.78 is 0. The number of hydrogen-bond donors (Lipinski definition) is 2. The lowest BCUT2D eigenvalue weighted by Gasteiger charge is -2.15. The lowest BCUT2D eigenvalue weighted by atomic mass is 10.0. The molecule has 3 nitrogen and oxygen atoms in total. The molecule has 0 saturated heterocycles. The Balaban J connectivity index is 0.00000208. The Bertz CT molecular complexity index is 638. The van der Waals surface area contributed by atoms with Gasteiger partial charge in [0.05, 0.1) is 12.6 Å². The highest BCUT2D eigenvalue weighted by molar-refractivity contribution is 5.85. The van der Waals surface area contributed by atoms with E-state index in [4.69, 9.17) is 0 Å². The van der Waals surface area contributed by atoms with Crippen molar-refractivity contribution in [3.63, 3.8) is 0 Å². The van der Waals surface area contributed by atoms with Gasteiger partial charge in [-0.2, -0.15) is 0 Å². The molecule has 1 aliphatic rings. The zero-order valence-corrected chi connectivity index (χ0v) is 14.8. The number of hydrogen-bond acceptors (Lipinski definition) is 2. The second kappa shape index (κ2) is 8.86. The Hall–Kier alpha value is -1.84. The summed E-state index contributed by atoms with van der Waals surface area (Å²) in [6.07, 6.45) is 2.61. The van der Waals surface area contributed by atoms with E-state index in [2.05, 4.69) is 47.0 Å². The van der Waals surface area contributed by atoms with Crippen molar-refractivity contribution in [3.05, 3.63) is 60.2 Å². The molecule has 3 rings (SSSR count). The van der Waals surface area contributed by atoms with E-state index >= 15 is 0 Å². The van der Waals surface area contributed by atoms with Crippen molar-refractivity contribution in [2.24, 2.45) is 5.92 Å². The van der Waals surface area contributed by atoms with Gasteiger partial charge in [0, 0.05) is 0 Å². The number of carbonyl (C=O) groups excluding carboxylic acids is 1. The van der Waals surface area contributed by atoms with Crippen LogP contribution in [0.4, 0.5) is 0 Å². The van der Waals surface area contributed by atoms with Gasteiger partial charge in [-0.25, -0.2) is 0 Å². The molecule has 0 spiro atoms. The lowest BCUT2D eigenvalue weighted by molar-refractivity contribution is -0.120. The first-order valence-corrected chi connectivity index (χ1v) is 8.38. The minimum atomic E-state index is 0. The largest absolute Gasteiger partial charge is 0.348 e. The summed E-state index contributed by atoms with van der Waals surface area (Å²) in [6, 6.07) is 18.7. The van der Waals surface area contributed by atoms with Gasteiger partial charge in [-0.15, -0.1) is 12.4 Å². The summed E-state index contributed by atoms with van der Waals surface area (Å²) in [5.41, 5.74) is 3.53. The molecule has 2 N–H and O–H groups in total. The third kappa shape index (κ3) is 5.36. The monoisotopic (exact) mass is 344 g/mol. The number of carbonyl (C=O) groups is 1. The molecule has 1 aliphatic carbocycles. The van der Waals surface area contributed by atoms with Crippen molar-refractivity contribution in [1.29, 1.82) is 0 Å². The standard InChI is InChI=1S/C20H24N2O.ClH/c1-15(22-20(23)14-21-13-16-7-8-16)17-9-11-19(12-10-17)18-5-3-2-4-6-18;/h2-6,9-12,15-16,21H,7-8,13-14H2,1H3,(H,22,23);1H. The van der Waals surface area contributed by atoms with Crippen LogP contribution in [0.2, 0.25) is 0 Å². The number of halogens is 1. The molecule has 2 aromatic carbocycles. The van der Waals surface area contributed by atoms with E-state index in [1.54, 1.807) is 0 Å². The number of amides is 1. The molecule has 0 radical (unpaired) electrons. The number of benzene rings is 2. The number of rotatable bonds is 7. The van der Waals surface area contributed by atoms with Gasteiger partial charge in [0.25, 0.3) is 0 Å². The average molecular weight is 345 g/mol. The van der Waals surface area contributed by atoms with Crippen LogP contribution in [-0.4, -0.2) is 19.0 Å². The molecule has 24 heavy (non-hydrogen) atoms. The summed E-state index contributed by atoms with van der Waals surface area (Å²) in [6.45, 7) is 3.40. The third-order valence-corrected chi connectivity index (χ3v) is 4.31. The molecule has 2 aromatic rings. The maximum absolute atomic E-state index is 11.9. The quantitative estimate of drug-likeness (QED) is 0.798. The molecule has 4 heteroatoms. The fourth-order valence-corrected chi connectivity index (χ4v) is 2.68. The van der Waals surface area contributed by atoms with Crippen LogP contribution in [0.5, 0.6) is 0 Å². The Morgan fingerprint density at radius 1 is 1.04 bits per heavy atom. The topological polar surface area (TPSA) is 41.1 Å². The summed E-state index contributed by atoms with van der Waals surface area (Å²) >= 11 is 0. The van der Waals surface area contributed by atoms with Crippen molar-refractivity contribution in [2.75, 3.05) is 13.1 Å². The van der Waals surface area contributed by atoms with Crippen molar-refractivity contribution in [3.8, 4) is 11.1 Å². The first kappa shape index (κ1) is 18.5. The Kier molecular flexibility index (Phi) is 6.83. The smallest absolute Gasteiger partial charge is 0.234 e. The van der Waals surface area contributed by atoms with E-state index in [0.29, 0.717) is 6.54 Å².